The predicted molar refractivity (Wildman–Crippen MR) is 80.2 cm³/mol. The van der Waals surface area contributed by atoms with Crippen LogP contribution in [0.5, 0.6) is 0 Å². The fourth-order valence-electron chi connectivity index (χ4n) is 2.38. The van der Waals surface area contributed by atoms with E-state index in [2.05, 4.69) is 16.7 Å². The van der Waals surface area contributed by atoms with Crippen LogP contribution < -0.4 is 5.73 Å². The van der Waals surface area contributed by atoms with Crippen molar-refractivity contribution in [3.05, 3.63) is 60.9 Å². The highest BCUT2D eigenvalue weighted by molar-refractivity contribution is 6.03. The summed E-state index contributed by atoms with van der Waals surface area (Å²) in [5.74, 6) is 0.287. The molecule has 2 aromatic rings. The van der Waals surface area contributed by atoms with Gasteiger partial charge in [0.1, 0.15) is 11.9 Å². The van der Waals surface area contributed by atoms with Gasteiger partial charge in [0.05, 0.1) is 11.9 Å². The Hall–Kier alpha value is -2.89. The third-order valence-corrected chi connectivity index (χ3v) is 3.33. The number of carbonyl (C=O) groups excluding carboxylic acids is 1. The normalized spacial score (nSPS) is 17.9. The quantitative estimate of drug-likeness (QED) is 0.869. The first-order valence-corrected chi connectivity index (χ1v) is 6.56. The van der Waals surface area contributed by atoms with Crippen LogP contribution in [0, 0.1) is 0 Å². The number of amidine groups is 1. The molecule has 0 saturated carbocycles. The molecule has 3 rings (SSSR count). The van der Waals surface area contributed by atoms with E-state index in [9.17, 15) is 4.79 Å². The number of urea groups is 1. The lowest BCUT2D eigenvalue weighted by atomic mass is 10.1. The Morgan fingerprint density at radius 3 is 2.81 bits per heavy atom. The number of hydrogen-bond acceptors (Lipinski definition) is 3. The summed E-state index contributed by atoms with van der Waals surface area (Å²) in [6.45, 7) is 4.05. The first-order chi connectivity index (χ1) is 10.2. The van der Waals surface area contributed by atoms with E-state index in [1.807, 2.05) is 36.5 Å². The fourth-order valence-corrected chi connectivity index (χ4v) is 2.38. The SMILES string of the molecule is C=CCN1C(=O)N=C(N)C1c1cnn(-c2ccccc2)c1. The monoisotopic (exact) mass is 281 g/mol. The second-order valence-corrected chi connectivity index (χ2v) is 4.72. The van der Waals surface area contributed by atoms with Gasteiger partial charge in [-0.25, -0.2) is 9.48 Å². The van der Waals surface area contributed by atoms with Gasteiger partial charge in [-0.05, 0) is 12.1 Å². The van der Waals surface area contributed by atoms with Crippen LogP contribution in [0.2, 0.25) is 0 Å². The molecule has 1 aromatic heterocycles. The molecule has 0 radical (unpaired) electrons. The molecular weight excluding hydrogens is 266 g/mol. The maximum atomic E-state index is 11.8. The van der Waals surface area contributed by atoms with Crippen LogP contribution in [-0.2, 0) is 0 Å². The molecule has 1 unspecified atom stereocenters. The largest absolute Gasteiger partial charge is 0.385 e. The van der Waals surface area contributed by atoms with E-state index in [0.29, 0.717) is 6.54 Å². The molecule has 0 aliphatic carbocycles. The molecule has 1 aromatic carbocycles. The standard InChI is InChI=1S/C15H15N5O/c1-2-8-19-13(14(16)18-15(19)21)11-9-17-20(10-11)12-6-4-3-5-7-12/h2-7,9-10,13H,1,8H2,(H2,16,18,21). The average molecular weight is 281 g/mol. The number of para-hydroxylation sites is 1. The van der Waals surface area contributed by atoms with Crippen molar-refractivity contribution in [3.8, 4) is 5.69 Å². The zero-order chi connectivity index (χ0) is 14.8. The summed E-state index contributed by atoms with van der Waals surface area (Å²) >= 11 is 0. The van der Waals surface area contributed by atoms with Crippen LogP contribution in [0.3, 0.4) is 0 Å². The number of benzene rings is 1. The predicted octanol–water partition coefficient (Wildman–Crippen LogP) is 1.89. The van der Waals surface area contributed by atoms with Crippen LogP contribution >= 0.6 is 0 Å². The number of aromatic nitrogens is 2. The van der Waals surface area contributed by atoms with Gasteiger partial charge in [-0.3, -0.25) is 0 Å². The van der Waals surface area contributed by atoms with E-state index in [1.165, 1.54) is 0 Å². The van der Waals surface area contributed by atoms with Gasteiger partial charge in [0.2, 0.25) is 0 Å². The van der Waals surface area contributed by atoms with Crippen molar-refractivity contribution in [3.63, 3.8) is 0 Å². The smallest absolute Gasteiger partial charge is 0.346 e. The van der Waals surface area contributed by atoms with Crippen molar-refractivity contribution >= 4 is 11.9 Å². The summed E-state index contributed by atoms with van der Waals surface area (Å²) in [4.78, 5) is 17.2. The highest BCUT2D eigenvalue weighted by Crippen LogP contribution is 2.26. The first-order valence-electron chi connectivity index (χ1n) is 6.56. The highest BCUT2D eigenvalue weighted by Gasteiger charge is 2.34. The zero-order valence-electron chi connectivity index (χ0n) is 11.4. The summed E-state index contributed by atoms with van der Waals surface area (Å²) in [6, 6.07) is 9.01. The number of amides is 2. The molecule has 0 fully saturated rings. The minimum atomic E-state index is -0.382. The van der Waals surface area contributed by atoms with Gasteiger partial charge < -0.3 is 10.6 Å². The molecule has 2 heterocycles. The maximum absolute atomic E-state index is 11.8. The third-order valence-electron chi connectivity index (χ3n) is 3.33. The molecule has 0 saturated heterocycles. The fraction of sp³-hybridized carbons (Fsp3) is 0.133. The Kier molecular flexibility index (Phi) is 3.27. The van der Waals surface area contributed by atoms with Gasteiger partial charge in [0.25, 0.3) is 0 Å². The van der Waals surface area contributed by atoms with Gasteiger partial charge in [-0.1, -0.05) is 24.3 Å². The van der Waals surface area contributed by atoms with Gasteiger partial charge in [0.15, 0.2) is 0 Å². The average Bonchev–Trinajstić information content (AvgIpc) is 3.06. The van der Waals surface area contributed by atoms with Crippen LogP contribution in [0.4, 0.5) is 4.79 Å². The van der Waals surface area contributed by atoms with E-state index in [0.717, 1.165) is 11.3 Å². The van der Waals surface area contributed by atoms with Crippen molar-refractivity contribution in [2.24, 2.45) is 10.7 Å². The van der Waals surface area contributed by atoms with Gasteiger partial charge in [0, 0.05) is 18.3 Å². The molecular formula is C15H15N5O. The lowest BCUT2D eigenvalue weighted by molar-refractivity contribution is 0.213. The van der Waals surface area contributed by atoms with E-state index in [-0.39, 0.29) is 17.9 Å². The third kappa shape index (κ3) is 2.31. The molecule has 1 aliphatic rings. The van der Waals surface area contributed by atoms with Crippen LogP contribution in [-0.4, -0.2) is 33.1 Å². The number of nitrogens with zero attached hydrogens (tertiary/aromatic N) is 4. The van der Waals surface area contributed by atoms with E-state index < -0.39 is 0 Å². The lowest BCUT2D eigenvalue weighted by Crippen LogP contribution is -2.33. The molecule has 1 atom stereocenters. The second-order valence-electron chi connectivity index (χ2n) is 4.72. The summed E-state index contributed by atoms with van der Waals surface area (Å²) in [5.41, 5.74) is 7.66. The molecule has 21 heavy (non-hydrogen) atoms. The van der Waals surface area contributed by atoms with Crippen molar-refractivity contribution in [2.75, 3.05) is 6.54 Å². The van der Waals surface area contributed by atoms with E-state index in [4.69, 9.17) is 5.73 Å². The molecule has 0 bridgehead atoms. The van der Waals surface area contributed by atoms with Gasteiger partial charge in [-0.2, -0.15) is 10.1 Å². The summed E-state index contributed by atoms with van der Waals surface area (Å²) in [6.07, 6.45) is 5.21. The molecule has 2 N–H and O–H groups in total. The van der Waals surface area contributed by atoms with Crippen molar-refractivity contribution in [2.45, 2.75) is 6.04 Å². The minimum absolute atomic E-state index is 0.287. The topological polar surface area (TPSA) is 76.5 Å². The Morgan fingerprint density at radius 1 is 1.33 bits per heavy atom. The highest BCUT2D eigenvalue weighted by atomic mass is 16.2. The van der Waals surface area contributed by atoms with E-state index in [1.54, 1.807) is 21.9 Å². The van der Waals surface area contributed by atoms with Crippen LogP contribution in [0.25, 0.3) is 5.69 Å². The Balaban J connectivity index is 1.94. The molecule has 2 amide bonds. The van der Waals surface area contributed by atoms with Crippen molar-refractivity contribution in [1.82, 2.24) is 14.7 Å². The van der Waals surface area contributed by atoms with E-state index >= 15 is 0 Å². The lowest BCUT2D eigenvalue weighted by Gasteiger charge is -2.21. The number of carbonyl (C=O) groups is 1. The molecule has 6 heteroatoms. The van der Waals surface area contributed by atoms with Crippen molar-refractivity contribution in [1.29, 1.82) is 0 Å². The number of rotatable bonds is 4. The Morgan fingerprint density at radius 2 is 2.10 bits per heavy atom. The summed E-state index contributed by atoms with van der Waals surface area (Å²) < 4.78 is 1.75. The van der Waals surface area contributed by atoms with Crippen molar-refractivity contribution < 1.29 is 4.79 Å². The maximum Gasteiger partial charge on any atom is 0.346 e. The minimum Gasteiger partial charge on any atom is -0.385 e. The first kappa shape index (κ1) is 13.1. The van der Waals surface area contributed by atoms with Crippen LogP contribution in [0.1, 0.15) is 11.6 Å². The molecule has 0 spiro atoms. The van der Waals surface area contributed by atoms with Crippen LogP contribution in [0.15, 0.2) is 60.4 Å². The molecule has 106 valence electrons. The molecule has 6 nitrogen and oxygen atoms in total. The summed E-state index contributed by atoms with van der Waals surface area (Å²) in [5, 5.41) is 4.33. The second kappa shape index (κ2) is 5.24. The molecule has 1 aliphatic heterocycles. The zero-order valence-corrected chi connectivity index (χ0v) is 11.4. The summed E-state index contributed by atoms with van der Waals surface area (Å²) in [7, 11) is 0. The Labute approximate surface area is 122 Å². The van der Waals surface area contributed by atoms with Gasteiger partial charge in [-0.15, -0.1) is 6.58 Å². The number of hydrogen-bond donors (Lipinski definition) is 1. The number of aliphatic imine (C=N–C) groups is 1. The van der Waals surface area contributed by atoms with Gasteiger partial charge >= 0.3 is 6.03 Å². The Bertz CT molecular complexity index is 704. The number of nitrogens with two attached hydrogens (primary N) is 1.